The molecule has 0 spiro atoms. The van der Waals surface area contributed by atoms with Crippen molar-refractivity contribution in [2.24, 2.45) is 5.41 Å². The molecule has 1 aliphatic carbocycles. The van der Waals surface area contributed by atoms with Crippen molar-refractivity contribution in [1.29, 1.82) is 0 Å². The van der Waals surface area contributed by atoms with E-state index in [-0.39, 0.29) is 18.9 Å². The number of carboxylic acids is 1. The average molecular weight is 268 g/mol. The SMILES string of the molecule is O=C(Cc1ccc(Cl)cc1)NCC1(C(=O)O)CC1. The number of amides is 1. The van der Waals surface area contributed by atoms with E-state index >= 15 is 0 Å². The van der Waals surface area contributed by atoms with E-state index in [1.165, 1.54) is 0 Å². The molecule has 0 aromatic heterocycles. The second-order valence-corrected chi connectivity index (χ2v) is 5.10. The van der Waals surface area contributed by atoms with Crippen LogP contribution >= 0.6 is 11.6 Å². The maximum Gasteiger partial charge on any atom is 0.311 e. The number of nitrogens with one attached hydrogen (secondary N) is 1. The fourth-order valence-corrected chi connectivity index (χ4v) is 1.86. The van der Waals surface area contributed by atoms with Gasteiger partial charge in [0.2, 0.25) is 5.91 Å². The molecule has 1 amide bonds. The molecule has 1 aromatic rings. The largest absolute Gasteiger partial charge is 0.481 e. The molecule has 0 radical (unpaired) electrons. The van der Waals surface area contributed by atoms with Crippen molar-refractivity contribution >= 4 is 23.5 Å². The van der Waals surface area contributed by atoms with Crippen molar-refractivity contribution in [3.8, 4) is 0 Å². The molecular formula is C13H14ClNO3. The summed E-state index contributed by atoms with van der Waals surface area (Å²) in [5.41, 5.74) is 0.146. The summed E-state index contributed by atoms with van der Waals surface area (Å²) in [5, 5.41) is 12.3. The first-order chi connectivity index (χ1) is 8.52. The second kappa shape index (κ2) is 4.98. The number of benzene rings is 1. The van der Waals surface area contributed by atoms with Crippen LogP contribution in [0.25, 0.3) is 0 Å². The van der Waals surface area contributed by atoms with Gasteiger partial charge in [-0.25, -0.2) is 0 Å². The van der Waals surface area contributed by atoms with Crippen LogP contribution in [-0.2, 0) is 16.0 Å². The number of halogens is 1. The highest BCUT2D eigenvalue weighted by Crippen LogP contribution is 2.45. The quantitative estimate of drug-likeness (QED) is 0.856. The van der Waals surface area contributed by atoms with Crippen LogP contribution in [0.3, 0.4) is 0 Å². The molecule has 0 atom stereocenters. The highest BCUT2D eigenvalue weighted by atomic mass is 35.5. The number of aliphatic carboxylic acids is 1. The number of rotatable bonds is 5. The zero-order valence-electron chi connectivity index (χ0n) is 9.78. The number of hydrogen-bond donors (Lipinski definition) is 2. The third-order valence-corrected chi connectivity index (χ3v) is 3.46. The van der Waals surface area contributed by atoms with Gasteiger partial charge in [-0.2, -0.15) is 0 Å². The Hall–Kier alpha value is -1.55. The maximum atomic E-state index is 11.7. The van der Waals surface area contributed by atoms with E-state index in [0.29, 0.717) is 17.9 Å². The summed E-state index contributed by atoms with van der Waals surface area (Å²) in [4.78, 5) is 22.6. The van der Waals surface area contributed by atoms with Gasteiger partial charge in [0.15, 0.2) is 0 Å². The molecule has 1 fully saturated rings. The normalized spacial score (nSPS) is 16.1. The third-order valence-electron chi connectivity index (χ3n) is 3.21. The highest BCUT2D eigenvalue weighted by Gasteiger charge is 2.50. The fraction of sp³-hybridized carbons (Fsp3) is 0.385. The lowest BCUT2D eigenvalue weighted by Gasteiger charge is -2.11. The summed E-state index contributed by atoms with van der Waals surface area (Å²) >= 11 is 5.75. The Morgan fingerprint density at radius 3 is 2.39 bits per heavy atom. The minimum Gasteiger partial charge on any atom is -0.481 e. The molecule has 1 saturated carbocycles. The van der Waals surface area contributed by atoms with Crippen molar-refractivity contribution in [2.75, 3.05) is 6.54 Å². The maximum absolute atomic E-state index is 11.7. The molecule has 4 nitrogen and oxygen atoms in total. The van der Waals surface area contributed by atoms with Crippen LogP contribution in [0.5, 0.6) is 0 Å². The van der Waals surface area contributed by atoms with Gasteiger partial charge >= 0.3 is 5.97 Å². The van der Waals surface area contributed by atoms with Gasteiger partial charge in [0, 0.05) is 11.6 Å². The van der Waals surface area contributed by atoms with Crippen LogP contribution in [0.15, 0.2) is 24.3 Å². The summed E-state index contributed by atoms with van der Waals surface area (Å²) in [6.45, 7) is 0.217. The molecule has 18 heavy (non-hydrogen) atoms. The van der Waals surface area contributed by atoms with Crippen LogP contribution in [0, 0.1) is 5.41 Å². The number of hydrogen-bond acceptors (Lipinski definition) is 2. The molecule has 0 unspecified atom stereocenters. The van der Waals surface area contributed by atoms with Crippen LogP contribution in [-0.4, -0.2) is 23.5 Å². The zero-order valence-corrected chi connectivity index (χ0v) is 10.5. The summed E-state index contributed by atoms with van der Waals surface area (Å²) in [5.74, 6) is -0.987. The monoisotopic (exact) mass is 267 g/mol. The number of carboxylic acid groups (broad SMARTS) is 1. The molecule has 2 rings (SSSR count). The van der Waals surface area contributed by atoms with Gasteiger partial charge in [-0.1, -0.05) is 23.7 Å². The van der Waals surface area contributed by atoms with Gasteiger partial charge in [0.1, 0.15) is 0 Å². The van der Waals surface area contributed by atoms with Crippen molar-refractivity contribution in [3.05, 3.63) is 34.9 Å². The molecule has 0 aliphatic heterocycles. The topological polar surface area (TPSA) is 66.4 Å². The average Bonchev–Trinajstić information content (AvgIpc) is 3.11. The fourth-order valence-electron chi connectivity index (χ4n) is 1.74. The molecule has 0 saturated heterocycles. The minimum absolute atomic E-state index is 0.162. The highest BCUT2D eigenvalue weighted by molar-refractivity contribution is 6.30. The van der Waals surface area contributed by atoms with Gasteiger partial charge < -0.3 is 10.4 Å². The Kier molecular flexibility index (Phi) is 3.57. The predicted octanol–water partition coefficient (Wildman–Crippen LogP) is 1.86. The van der Waals surface area contributed by atoms with E-state index in [9.17, 15) is 9.59 Å². The lowest BCUT2D eigenvalue weighted by molar-refractivity contribution is -0.143. The van der Waals surface area contributed by atoms with Gasteiger partial charge in [0.25, 0.3) is 0 Å². The molecule has 96 valence electrons. The molecule has 1 aromatic carbocycles. The van der Waals surface area contributed by atoms with Gasteiger partial charge in [-0.3, -0.25) is 9.59 Å². The zero-order chi connectivity index (χ0) is 13.2. The van der Waals surface area contributed by atoms with Crippen molar-refractivity contribution < 1.29 is 14.7 Å². The van der Waals surface area contributed by atoms with Crippen LogP contribution in [0.4, 0.5) is 0 Å². The predicted molar refractivity (Wildman–Crippen MR) is 67.5 cm³/mol. The third kappa shape index (κ3) is 3.01. The summed E-state index contributed by atoms with van der Waals surface area (Å²) in [7, 11) is 0. The first-order valence-electron chi connectivity index (χ1n) is 5.76. The van der Waals surface area contributed by atoms with Crippen molar-refractivity contribution in [3.63, 3.8) is 0 Å². The lowest BCUT2D eigenvalue weighted by Crippen LogP contribution is -2.35. The minimum atomic E-state index is -0.825. The van der Waals surface area contributed by atoms with E-state index < -0.39 is 11.4 Å². The van der Waals surface area contributed by atoms with E-state index in [4.69, 9.17) is 16.7 Å². The Morgan fingerprint density at radius 2 is 1.89 bits per heavy atom. The van der Waals surface area contributed by atoms with Crippen molar-refractivity contribution in [1.82, 2.24) is 5.32 Å². The second-order valence-electron chi connectivity index (χ2n) is 4.67. The number of carbonyl (C=O) groups excluding carboxylic acids is 1. The smallest absolute Gasteiger partial charge is 0.311 e. The molecule has 1 aliphatic rings. The summed E-state index contributed by atoms with van der Waals surface area (Å²) in [6, 6.07) is 7.02. The standard InChI is InChI=1S/C13H14ClNO3/c14-10-3-1-9(2-4-10)7-11(16)15-8-13(5-6-13)12(17)18/h1-4H,5-8H2,(H,15,16)(H,17,18). The number of carbonyl (C=O) groups is 2. The Balaban J connectivity index is 1.82. The van der Waals surface area contributed by atoms with E-state index in [1.54, 1.807) is 24.3 Å². The van der Waals surface area contributed by atoms with Crippen molar-refractivity contribution in [2.45, 2.75) is 19.3 Å². The lowest BCUT2D eigenvalue weighted by atomic mass is 10.1. The summed E-state index contributed by atoms with van der Waals surface area (Å²) < 4.78 is 0. The van der Waals surface area contributed by atoms with Crippen LogP contribution < -0.4 is 5.32 Å². The van der Waals surface area contributed by atoms with Gasteiger partial charge in [0.05, 0.1) is 11.8 Å². The molecule has 0 bridgehead atoms. The van der Waals surface area contributed by atoms with E-state index in [0.717, 1.165) is 5.56 Å². The Labute approximate surface area is 110 Å². The molecule has 5 heteroatoms. The first kappa shape index (κ1) is 12.9. The molecular weight excluding hydrogens is 254 g/mol. The molecule has 2 N–H and O–H groups in total. The molecule has 0 heterocycles. The van der Waals surface area contributed by atoms with E-state index in [2.05, 4.69) is 5.32 Å². The van der Waals surface area contributed by atoms with Crippen LogP contribution in [0.1, 0.15) is 18.4 Å². The first-order valence-corrected chi connectivity index (χ1v) is 6.14. The van der Waals surface area contributed by atoms with Gasteiger partial charge in [-0.05, 0) is 30.5 Å². The Morgan fingerprint density at radius 1 is 1.28 bits per heavy atom. The van der Waals surface area contributed by atoms with E-state index in [1.807, 2.05) is 0 Å². The summed E-state index contributed by atoms with van der Waals surface area (Å²) in [6.07, 6.45) is 1.53. The van der Waals surface area contributed by atoms with Crippen LogP contribution in [0.2, 0.25) is 5.02 Å². The Bertz CT molecular complexity index is 466. The van der Waals surface area contributed by atoms with Gasteiger partial charge in [-0.15, -0.1) is 0 Å².